The van der Waals surface area contributed by atoms with Gasteiger partial charge >= 0.3 is 0 Å². The molecule has 0 bridgehead atoms. The van der Waals surface area contributed by atoms with E-state index in [1.165, 1.54) is 16.1 Å². The van der Waals surface area contributed by atoms with Gasteiger partial charge in [-0.2, -0.15) is 4.31 Å². The van der Waals surface area contributed by atoms with Crippen LogP contribution in [0.15, 0.2) is 64.5 Å². The fraction of sp³-hybridized carbons (Fsp3) is 0.333. The minimum Gasteiger partial charge on any atom is -0.379 e. The molecule has 0 spiro atoms. The normalized spacial score (nSPS) is 15.9. The molecule has 7 nitrogen and oxygen atoms in total. The summed E-state index contributed by atoms with van der Waals surface area (Å²) < 4.78 is 32.8. The first-order valence-corrected chi connectivity index (χ1v) is 13.2. The van der Waals surface area contributed by atoms with E-state index >= 15 is 0 Å². The molecule has 2 aromatic carbocycles. The van der Waals surface area contributed by atoms with E-state index in [0.717, 1.165) is 21.7 Å². The lowest BCUT2D eigenvalue weighted by atomic mass is 10.1. The van der Waals surface area contributed by atoms with Gasteiger partial charge in [-0.05, 0) is 55.3 Å². The predicted molar refractivity (Wildman–Crippen MR) is 131 cm³/mol. The zero-order chi connectivity index (χ0) is 23.4. The second-order valence-electron chi connectivity index (χ2n) is 7.84. The molecular weight excluding hydrogens is 458 g/mol. The number of amides is 1. The summed E-state index contributed by atoms with van der Waals surface area (Å²) in [7, 11) is -3.58. The number of carbonyl (C=O) groups excluding carboxylic acids is 1. The number of aryl methyl sites for hydroxylation is 1. The highest BCUT2D eigenvalue weighted by atomic mass is 32.2. The van der Waals surface area contributed by atoms with Gasteiger partial charge in [0.25, 0.3) is 0 Å². The highest BCUT2D eigenvalue weighted by Crippen LogP contribution is 2.30. The lowest BCUT2D eigenvalue weighted by Crippen LogP contribution is -2.40. The van der Waals surface area contributed by atoms with Crippen molar-refractivity contribution in [3.8, 4) is 0 Å². The van der Waals surface area contributed by atoms with Crippen molar-refractivity contribution in [2.24, 2.45) is 0 Å². The molecule has 4 rings (SSSR count). The van der Waals surface area contributed by atoms with Gasteiger partial charge in [-0.3, -0.25) is 4.79 Å². The Morgan fingerprint density at radius 3 is 2.58 bits per heavy atom. The van der Waals surface area contributed by atoms with Gasteiger partial charge in [0.15, 0.2) is 0 Å². The Kier molecular flexibility index (Phi) is 7.33. The summed E-state index contributed by atoms with van der Waals surface area (Å²) in [6, 6.07) is 16.3. The molecule has 174 valence electrons. The number of pyridine rings is 1. The number of para-hydroxylation sites is 1. The van der Waals surface area contributed by atoms with E-state index in [1.807, 2.05) is 50.2 Å². The molecule has 9 heteroatoms. The number of thioether (sulfide) groups is 1. The molecule has 0 unspecified atom stereocenters. The first-order chi connectivity index (χ1) is 15.9. The van der Waals surface area contributed by atoms with Crippen molar-refractivity contribution in [2.45, 2.75) is 35.4 Å². The molecule has 1 aliphatic rings. The van der Waals surface area contributed by atoms with Crippen LogP contribution in [0.4, 0.5) is 5.69 Å². The Morgan fingerprint density at radius 1 is 1.15 bits per heavy atom. The van der Waals surface area contributed by atoms with Crippen LogP contribution in [0, 0.1) is 6.92 Å². The van der Waals surface area contributed by atoms with E-state index in [1.54, 1.807) is 18.2 Å². The van der Waals surface area contributed by atoms with Crippen LogP contribution in [0.1, 0.15) is 18.9 Å². The van der Waals surface area contributed by atoms with Gasteiger partial charge in [-0.1, -0.05) is 36.9 Å². The number of nitrogens with zero attached hydrogens (tertiary/aromatic N) is 2. The second kappa shape index (κ2) is 10.2. The Balaban J connectivity index is 1.56. The fourth-order valence-corrected chi connectivity index (χ4v) is 6.17. The SMILES string of the molecule is CC[C@@H](Sc1cc(C)c2cc(S(=O)(=O)N3CCOCC3)ccc2n1)C(=O)Nc1ccccc1. The Hall–Kier alpha value is -2.46. The first kappa shape index (κ1) is 23.7. The number of anilines is 1. The number of aromatic nitrogens is 1. The van der Waals surface area contributed by atoms with Crippen molar-refractivity contribution in [2.75, 3.05) is 31.6 Å². The third-order valence-electron chi connectivity index (χ3n) is 5.54. The highest BCUT2D eigenvalue weighted by Gasteiger charge is 2.27. The monoisotopic (exact) mass is 485 g/mol. The largest absolute Gasteiger partial charge is 0.379 e. The van der Waals surface area contributed by atoms with E-state index < -0.39 is 10.0 Å². The van der Waals surface area contributed by atoms with E-state index in [-0.39, 0.29) is 16.1 Å². The summed E-state index contributed by atoms with van der Waals surface area (Å²) in [5, 5.41) is 4.18. The van der Waals surface area contributed by atoms with E-state index in [4.69, 9.17) is 9.72 Å². The van der Waals surface area contributed by atoms with Crippen molar-refractivity contribution in [3.05, 3.63) is 60.2 Å². The number of benzene rings is 2. The average Bonchev–Trinajstić information content (AvgIpc) is 2.83. The number of nitrogens with one attached hydrogen (secondary N) is 1. The van der Waals surface area contributed by atoms with Crippen molar-refractivity contribution in [1.29, 1.82) is 0 Å². The number of hydrogen-bond donors (Lipinski definition) is 1. The molecule has 3 aromatic rings. The minimum atomic E-state index is -3.58. The Labute approximate surface area is 198 Å². The smallest absolute Gasteiger partial charge is 0.243 e. The van der Waals surface area contributed by atoms with Gasteiger partial charge in [0, 0.05) is 24.2 Å². The van der Waals surface area contributed by atoms with Gasteiger partial charge < -0.3 is 10.1 Å². The third kappa shape index (κ3) is 5.38. The molecule has 1 aliphatic heterocycles. The minimum absolute atomic E-state index is 0.0693. The number of fused-ring (bicyclic) bond motifs is 1. The van der Waals surface area contributed by atoms with Crippen LogP contribution in [-0.2, 0) is 19.6 Å². The second-order valence-corrected chi connectivity index (χ2v) is 11.0. The van der Waals surface area contributed by atoms with Gasteiger partial charge in [0.2, 0.25) is 15.9 Å². The van der Waals surface area contributed by atoms with Gasteiger partial charge in [0.1, 0.15) is 0 Å². The van der Waals surface area contributed by atoms with Crippen LogP contribution in [-0.4, -0.2) is 55.2 Å². The van der Waals surface area contributed by atoms with Crippen molar-refractivity contribution in [1.82, 2.24) is 9.29 Å². The molecule has 0 saturated carbocycles. The predicted octanol–water partition coefficient (Wildman–Crippen LogP) is 4.07. The maximum Gasteiger partial charge on any atom is 0.243 e. The van der Waals surface area contributed by atoms with Crippen molar-refractivity contribution >= 4 is 44.3 Å². The molecular formula is C24H27N3O4S2. The van der Waals surface area contributed by atoms with Crippen molar-refractivity contribution < 1.29 is 17.9 Å². The summed E-state index contributed by atoms with van der Waals surface area (Å²) in [6.45, 7) is 5.44. The Morgan fingerprint density at radius 2 is 1.88 bits per heavy atom. The average molecular weight is 486 g/mol. The zero-order valence-corrected chi connectivity index (χ0v) is 20.3. The molecule has 1 amide bonds. The van der Waals surface area contributed by atoms with Crippen LogP contribution in [0.5, 0.6) is 0 Å². The summed E-state index contributed by atoms with van der Waals surface area (Å²) in [5.41, 5.74) is 2.38. The van der Waals surface area contributed by atoms with Crippen LogP contribution in [0.2, 0.25) is 0 Å². The van der Waals surface area contributed by atoms with Crippen LogP contribution in [0.3, 0.4) is 0 Å². The first-order valence-electron chi connectivity index (χ1n) is 10.9. The van der Waals surface area contributed by atoms with Crippen LogP contribution in [0.25, 0.3) is 10.9 Å². The number of rotatable bonds is 7. The lowest BCUT2D eigenvalue weighted by Gasteiger charge is -2.26. The molecule has 33 heavy (non-hydrogen) atoms. The van der Waals surface area contributed by atoms with E-state index in [0.29, 0.717) is 38.2 Å². The molecule has 0 aliphatic carbocycles. The third-order valence-corrected chi connectivity index (χ3v) is 8.72. The maximum atomic E-state index is 13.0. The number of carbonyl (C=O) groups is 1. The molecule has 2 heterocycles. The van der Waals surface area contributed by atoms with Gasteiger partial charge in [-0.15, -0.1) is 0 Å². The summed E-state index contributed by atoms with van der Waals surface area (Å²) in [6.07, 6.45) is 0.652. The molecule has 1 atom stereocenters. The molecule has 1 saturated heterocycles. The van der Waals surface area contributed by atoms with Crippen molar-refractivity contribution in [3.63, 3.8) is 0 Å². The summed E-state index contributed by atoms with van der Waals surface area (Å²) in [4.78, 5) is 17.7. The summed E-state index contributed by atoms with van der Waals surface area (Å²) in [5.74, 6) is -0.0693. The number of morpholine rings is 1. The highest BCUT2D eigenvalue weighted by molar-refractivity contribution is 8.00. The quantitative estimate of drug-likeness (QED) is 0.508. The van der Waals surface area contributed by atoms with Gasteiger partial charge in [-0.25, -0.2) is 13.4 Å². The summed E-state index contributed by atoms with van der Waals surface area (Å²) >= 11 is 1.41. The number of sulfonamides is 1. The number of ether oxygens (including phenoxy) is 1. The molecule has 1 aromatic heterocycles. The number of hydrogen-bond acceptors (Lipinski definition) is 6. The van der Waals surface area contributed by atoms with Gasteiger partial charge in [0.05, 0.1) is 33.9 Å². The molecule has 1 fully saturated rings. The standard InChI is InChI=1S/C24H27N3O4S2/c1-3-22(24(28)25-18-7-5-4-6-8-18)32-23-15-17(2)20-16-19(9-10-21(20)26-23)33(29,30)27-11-13-31-14-12-27/h4-10,15-16,22H,3,11-14H2,1-2H3,(H,25,28)/t22-/m1/s1. The van der Waals surface area contributed by atoms with E-state index in [9.17, 15) is 13.2 Å². The van der Waals surface area contributed by atoms with Crippen LogP contribution < -0.4 is 5.32 Å². The van der Waals surface area contributed by atoms with Crippen LogP contribution >= 0.6 is 11.8 Å². The Bertz CT molecular complexity index is 1240. The lowest BCUT2D eigenvalue weighted by molar-refractivity contribution is -0.115. The molecule has 1 N–H and O–H groups in total. The van der Waals surface area contributed by atoms with E-state index in [2.05, 4.69) is 5.32 Å². The maximum absolute atomic E-state index is 13.0. The fourth-order valence-electron chi connectivity index (χ4n) is 3.71. The topological polar surface area (TPSA) is 88.6 Å². The zero-order valence-electron chi connectivity index (χ0n) is 18.7. The molecule has 0 radical (unpaired) electrons.